The summed E-state index contributed by atoms with van der Waals surface area (Å²) < 4.78 is 40.1. The summed E-state index contributed by atoms with van der Waals surface area (Å²) in [5.41, 5.74) is 6.50. The summed E-state index contributed by atoms with van der Waals surface area (Å²) in [5.74, 6) is -0.376. The van der Waals surface area contributed by atoms with E-state index in [2.05, 4.69) is 4.74 Å². The third kappa shape index (κ3) is 2.57. The Labute approximate surface area is 108 Å². The Hall–Kier alpha value is -0.940. The van der Waals surface area contributed by atoms with Gasteiger partial charge in [0.15, 0.2) is 0 Å². The number of nitrogens with two attached hydrogens (primary N) is 1. The monoisotopic (exact) mass is 279 g/mol. The van der Waals surface area contributed by atoms with Gasteiger partial charge in [0.1, 0.15) is 5.75 Å². The van der Waals surface area contributed by atoms with Gasteiger partial charge in [-0.05, 0) is 30.5 Å². The Bertz CT molecular complexity index is 438. The number of benzene rings is 1. The van der Waals surface area contributed by atoms with Gasteiger partial charge in [-0.1, -0.05) is 24.1 Å². The molecule has 0 saturated heterocycles. The first-order valence-electron chi connectivity index (χ1n) is 5.62. The molecule has 0 unspecified atom stereocenters. The first-order chi connectivity index (χ1) is 8.36. The number of ether oxygens (including phenoxy) is 1. The van der Waals surface area contributed by atoms with E-state index < -0.39 is 6.36 Å². The molecule has 0 heterocycles. The molecule has 0 aromatic heterocycles. The van der Waals surface area contributed by atoms with Crippen LogP contribution in [-0.2, 0) is 5.41 Å². The van der Waals surface area contributed by atoms with Gasteiger partial charge in [-0.2, -0.15) is 0 Å². The lowest BCUT2D eigenvalue weighted by Gasteiger charge is -2.41. The van der Waals surface area contributed by atoms with Crippen molar-refractivity contribution in [3.63, 3.8) is 0 Å². The van der Waals surface area contributed by atoms with Gasteiger partial charge < -0.3 is 10.5 Å². The van der Waals surface area contributed by atoms with Gasteiger partial charge in [0.25, 0.3) is 0 Å². The topological polar surface area (TPSA) is 35.2 Å². The van der Waals surface area contributed by atoms with Gasteiger partial charge in [-0.25, -0.2) is 0 Å². The second kappa shape index (κ2) is 4.63. The molecule has 0 atom stereocenters. The summed E-state index contributed by atoms with van der Waals surface area (Å²) in [6, 6.07) is 4.38. The van der Waals surface area contributed by atoms with E-state index in [1.165, 1.54) is 12.1 Å². The molecule has 18 heavy (non-hydrogen) atoms. The summed E-state index contributed by atoms with van der Waals surface area (Å²) in [5, 5.41) is -0.0375. The predicted octanol–water partition coefficient (Wildman–Crippen LogP) is 3.62. The molecule has 0 bridgehead atoms. The molecular formula is C12H13ClF3NO. The molecule has 1 aromatic rings. The van der Waals surface area contributed by atoms with Crippen molar-refractivity contribution in [2.45, 2.75) is 31.0 Å². The highest BCUT2D eigenvalue weighted by molar-refractivity contribution is 6.32. The van der Waals surface area contributed by atoms with Crippen LogP contribution in [0.2, 0.25) is 5.02 Å². The molecular weight excluding hydrogens is 267 g/mol. The second-order valence-electron chi connectivity index (χ2n) is 4.53. The first-order valence-corrected chi connectivity index (χ1v) is 6.00. The van der Waals surface area contributed by atoms with Crippen molar-refractivity contribution >= 4 is 11.6 Å². The fourth-order valence-corrected chi connectivity index (χ4v) is 2.47. The van der Waals surface area contributed by atoms with Crippen LogP contribution in [0.15, 0.2) is 18.2 Å². The summed E-state index contributed by atoms with van der Waals surface area (Å²) in [6.07, 6.45) is -1.76. The van der Waals surface area contributed by atoms with Crippen molar-refractivity contribution in [3.05, 3.63) is 28.8 Å². The van der Waals surface area contributed by atoms with Crippen LogP contribution >= 0.6 is 11.6 Å². The fraction of sp³-hybridized carbons (Fsp3) is 0.500. The largest absolute Gasteiger partial charge is 0.573 e. The highest BCUT2D eigenvalue weighted by Crippen LogP contribution is 2.44. The minimum absolute atomic E-state index is 0.0375. The SMILES string of the molecule is NCC1(c2ccc(OC(F)(F)F)c(Cl)c2)CCC1. The van der Waals surface area contributed by atoms with Crippen molar-refractivity contribution in [3.8, 4) is 5.75 Å². The van der Waals surface area contributed by atoms with E-state index in [0.29, 0.717) is 6.54 Å². The van der Waals surface area contributed by atoms with E-state index in [1.807, 2.05) is 0 Å². The Morgan fingerprint density at radius 2 is 2.00 bits per heavy atom. The molecule has 0 radical (unpaired) electrons. The molecule has 1 aliphatic rings. The summed E-state index contributed by atoms with van der Waals surface area (Å²) in [6.45, 7) is 0.475. The number of hydrogen-bond donors (Lipinski definition) is 1. The molecule has 6 heteroatoms. The highest BCUT2D eigenvalue weighted by Gasteiger charge is 2.38. The van der Waals surface area contributed by atoms with Crippen molar-refractivity contribution in [1.82, 2.24) is 0 Å². The van der Waals surface area contributed by atoms with Crippen LogP contribution in [0.1, 0.15) is 24.8 Å². The van der Waals surface area contributed by atoms with Crippen molar-refractivity contribution in [2.24, 2.45) is 5.73 Å². The maximum absolute atomic E-state index is 12.1. The van der Waals surface area contributed by atoms with Crippen LogP contribution in [0.5, 0.6) is 5.75 Å². The minimum Gasteiger partial charge on any atom is -0.404 e. The molecule has 0 amide bonds. The van der Waals surface area contributed by atoms with E-state index in [0.717, 1.165) is 24.8 Å². The van der Waals surface area contributed by atoms with Crippen molar-refractivity contribution < 1.29 is 17.9 Å². The van der Waals surface area contributed by atoms with Crippen LogP contribution < -0.4 is 10.5 Å². The number of halogens is 4. The predicted molar refractivity (Wildman–Crippen MR) is 62.7 cm³/mol. The fourth-order valence-electron chi connectivity index (χ4n) is 2.25. The van der Waals surface area contributed by atoms with E-state index in [-0.39, 0.29) is 16.2 Å². The zero-order valence-electron chi connectivity index (χ0n) is 9.56. The molecule has 0 aliphatic heterocycles. The van der Waals surface area contributed by atoms with E-state index >= 15 is 0 Å². The standard InChI is InChI=1S/C12H13ClF3NO/c13-9-6-8(11(7-17)4-1-5-11)2-3-10(9)18-12(14,15)16/h2-3,6H,1,4-5,7,17H2. The maximum atomic E-state index is 12.1. The lowest BCUT2D eigenvalue weighted by Crippen LogP contribution is -2.41. The third-order valence-electron chi connectivity index (χ3n) is 3.47. The van der Waals surface area contributed by atoms with Crippen LogP contribution in [0.25, 0.3) is 0 Å². The van der Waals surface area contributed by atoms with Gasteiger partial charge in [0.2, 0.25) is 0 Å². The number of rotatable bonds is 3. The quantitative estimate of drug-likeness (QED) is 0.917. The van der Waals surface area contributed by atoms with Crippen molar-refractivity contribution in [2.75, 3.05) is 6.54 Å². The molecule has 2 N–H and O–H groups in total. The summed E-state index contributed by atoms with van der Waals surface area (Å²) in [7, 11) is 0. The molecule has 2 rings (SSSR count). The minimum atomic E-state index is -4.73. The zero-order valence-corrected chi connectivity index (χ0v) is 10.3. The van der Waals surface area contributed by atoms with Crippen LogP contribution in [0.3, 0.4) is 0 Å². The normalized spacial score (nSPS) is 18.3. The maximum Gasteiger partial charge on any atom is 0.573 e. The Balaban J connectivity index is 2.25. The number of alkyl halides is 3. The van der Waals surface area contributed by atoms with Crippen molar-refractivity contribution in [1.29, 1.82) is 0 Å². The van der Waals surface area contributed by atoms with E-state index in [1.54, 1.807) is 6.07 Å². The average Bonchev–Trinajstić information content (AvgIpc) is 2.19. The first kappa shape index (κ1) is 13.5. The number of hydrogen-bond acceptors (Lipinski definition) is 2. The molecule has 0 spiro atoms. The van der Waals surface area contributed by atoms with E-state index in [4.69, 9.17) is 17.3 Å². The zero-order chi connectivity index (χ0) is 13.4. The molecule has 1 saturated carbocycles. The highest BCUT2D eigenvalue weighted by atomic mass is 35.5. The van der Waals surface area contributed by atoms with E-state index in [9.17, 15) is 13.2 Å². The molecule has 1 aromatic carbocycles. The van der Waals surface area contributed by atoms with Gasteiger partial charge in [-0.3, -0.25) is 0 Å². The second-order valence-corrected chi connectivity index (χ2v) is 4.94. The van der Waals surface area contributed by atoms with Gasteiger partial charge in [0, 0.05) is 12.0 Å². The Morgan fingerprint density at radius 3 is 2.39 bits per heavy atom. The average molecular weight is 280 g/mol. The van der Waals surface area contributed by atoms with Gasteiger partial charge in [-0.15, -0.1) is 13.2 Å². The molecule has 1 aliphatic carbocycles. The molecule has 2 nitrogen and oxygen atoms in total. The van der Waals surface area contributed by atoms with Gasteiger partial charge >= 0.3 is 6.36 Å². The molecule has 1 fully saturated rings. The third-order valence-corrected chi connectivity index (χ3v) is 3.77. The summed E-state index contributed by atoms with van der Waals surface area (Å²) >= 11 is 5.81. The van der Waals surface area contributed by atoms with Crippen LogP contribution in [0, 0.1) is 0 Å². The lowest BCUT2D eigenvalue weighted by atomic mass is 9.64. The lowest BCUT2D eigenvalue weighted by molar-refractivity contribution is -0.274. The Kier molecular flexibility index (Phi) is 3.47. The molecule has 100 valence electrons. The van der Waals surface area contributed by atoms with Gasteiger partial charge in [0.05, 0.1) is 5.02 Å². The van der Waals surface area contributed by atoms with Crippen LogP contribution in [0.4, 0.5) is 13.2 Å². The Morgan fingerprint density at radius 1 is 1.33 bits per heavy atom. The van der Waals surface area contributed by atoms with Crippen LogP contribution in [-0.4, -0.2) is 12.9 Å². The summed E-state index contributed by atoms with van der Waals surface area (Å²) in [4.78, 5) is 0. The smallest absolute Gasteiger partial charge is 0.404 e.